The highest BCUT2D eigenvalue weighted by Crippen LogP contribution is 2.45. The van der Waals surface area contributed by atoms with Gasteiger partial charge in [-0.3, -0.25) is 0 Å². The summed E-state index contributed by atoms with van der Waals surface area (Å²) in [7, 11) is 1.70. The van der Waals surface area contributed by atoms with Gasteiger partial charge in [0.25, 0.3) is 0 Å². The molecule has 2 unspecified atom stereocenters. The molecule has 1 nitrogen and oxygen atoms in total. The first kappa shape index (κ1) is 14.8. The Hall–Kier alpha value is -2.09. The van der Waals surface area contributed by atoms with Gasteiger partial charge in [-0.2, -0.15) is 0 Å². The molecule has 0 saturated heterocycles. The Bertz CT molecular complexity index is 660. The van der Waals surface area contributed by atoms with Crippen molar-refractivity contribution in [2.45, 2.75) is 31.1 Å². The number of halogens is 1. The van der Waals surface area contributed by atoms with Crippen molar-refractivity contribution in [2.75, 3.05) is 7.11 Å². The van der Waals surface area contributed by atoms with Crippen molar-refractivity contribution in [3.8, 4) is 5.75 Å². The monoisotopic (exact) mass is 296 g/mol. The molecule has 0 saturated carbocycles. The zero-order valence-electron chi connectivity index (χ0n) is 12.9. The number of methoxy groups -OCH3 is 1. The largest absolute Gasteiger partial charge is 0.497 e. The lowest BCUT2D eigenvalue weighted by Gasteiger charge is -2.34. The molecule has 0 amide bonds. The van der Waals surface area contributed by atoms with E-state index >= 15 is 0 Å². The average Bonchev–Trinajstić information content (AvgIpc) is 2.56. The maximum Gasteiger partial charge on any atom is 0.123 e. The SMILES string of the molecule is C=CCC1c2ccc(OC)cc2CCC1c1ccc(F)cc1. The van der Waals surface area contributed by atoms with Gasteiger partial charge in [0.05, 0.1) is 7.11 Å². The lowest BCUT2D eigenvalue weighted by Crippen LogP contribution is -2.19. The Morgan fingerprint density at radius 1 is 1.23 bits per heavy atom. The zero-order chi connectivity index (χ0) is 15.5. The molecule has 2 aromatic carbocycles. The summed E-state index contributed by atoms with van der Waals surface area (Å²) in [6.45, 7) is 3.92. The van der Waals surface area contributed by atoms with Crippen LogP contribution < -0.4 is 4.74 Å². The summed E-state index contributed by atoms with van der Waals surface area (Å²) < 4.78 is 18.5. The molecule has 0 heterocycles. The molecule has 3 rings (SSSR count). The topological polar surface area (TPSA) is 9.23 Å². The third kappa shape index (κ3) is 2.78. The van der Waals surface area contributed by atoms with Crippen LogP contribution in [0.25, 0.3) is 0 Å². The van der Waals surface area contributed by atoms with Crippen molar-refractivity contribution in [1.82, 2.24) is 0 Å². The minimum absolute atomic E-state index is 0.176. The summed E-state index contributed by atoms with van der Waals surface area (Å²) in [5.74, 6) is 1.55. The molecule has 0 radical (unpaired) electrons. The number of benzene rings is 2. The molecule has 0 spiro atoms. The molecule has 0 N–H and O–H groups in total. The van der Waals surface area contributed by atoms with Crippen molar-refractivity contribution in [2.24, 2.45) is 0 Å². The summed E-state index contributed by atoms with van der Waals surface area (Å²) in [6, 6.07) is 13.3. The minimum Gasteiger partial charge on any atom is -0.497 e. The van der Waals surface area contributed by atoms with Crippen molar-refractivity contribution < 1.29 is 9.13 Å². The normalized spacial score (nSPS) is 20.3. The molecule has 1 aliphatic carbocycles. The molecule has 2 atom stereocenters. The van der Waals surface area contributed by atoms with Gasteiger partial charge in [0, 0.05) is 0 Å². The van der Waals surface area contributed by atoms with E-state index in [1.54, 1.807) is 19.2 Å². The molecule has 2 aromatic rings. The highest BCUT2D eigenvalue weighted by atomic mass is 19.1. The van der Waals surface area contributed by atoms with E-state index in [2.05, 4.69) is 18.7 Å². The number of hydrogen-bond acceptors (Lipinski definition) is 1. The smallest absolute Gasteiger partial charge is 0.123 e. The fourth-order valence-corrected chi connectivity index (χ4v) is 3.60. The quantitative estimate of drug-likeness (QED) is 0.702. The molecular formula is C20H21FO. The Morgan fingerprint density at radius 3 is 2.68 bits per heavy atom. The van der Waals surface area contributed by atoms with Crippen LogP contribution in [0.5, 0.6) is 5.75 Å². The molecule has 0 aliphatic heterocycles. The second-order valence-corrected chi connectivity index (χ2v) is 5.89. The standard InChI is InChI=1S/C20H21FO/c1-3-4-20-18(14-5-8-16(21)9-6-14)11-7-15-13-17(22-2)10-12-19(15)20/h3,5-6,8-10,12-13,18,20H,1,4,7,11H2,2H3. The average molecular weight is 296 g/mol. The van der Waals surface area contributed by atoms with Crippen LogP contribution in [0.4, 0.5) is 4.39 Å². The van der Waals surface area contributed by atoms with Gasteiger partial charge in [-0.1, -0.05) is 24.3 Å². The summed E-state index contributed by atoms with van der Waals surface area (Å²) >= 11 is 0. The predicted octanol–water partition coefficient (Wildman–Crippen LogP) is 5.22. The fraction of sp³-hybridized carbons (Fsp3) is 0.300. The molecule has 0 fully saturated rings. The molecular weight excluding hydrogens is 275 g/mol. The van der Waals surface area contributed by atoms with Gasteiger partial charge in [-0.25, -0.2) is 4.39 Å². The lowest BCUT2D eigenvalue weighted by molar-refractivity contribution is 0.411. The first-order valence-electron chi connectivity index (χ1n) is 7.76. The van der Waals surface area contributed by atoms with Gasteiger partial charge < -0.3 is 4.74 Å². The predicted molar refractivity (Wildman–Crippen MR) is 88.0 cm³/mol. The highest BCUT2D eigenvalue weighted by molar-refractivity contribution is 5.42. The second-order valence-electron chi connectivity index (χ2n) is 5.89. The van der Waals surface area contributed by atoms with E-state index in [0.29, 0.717) is 11.8 Å². The molecule has 0 bridgehead atoms. The van der Waals surface area contributed by atoms with E-state index in [1.807, 2.05) is 24.3 Å². The maximum atomic E-state index is 13.2. The van der Waals surface area contributed by atoms with Crippen molar-refractivity contribution in [1.29, 1.82) is 0 Å². The Morgan fingerprint density at radius 2 is 2.00 bits per heavy atom. The van der Waals surface area contributed by atoms with Gasteiger partial charge in [-0.05, 0) is 72.1 Å². The van der Waals surface area contributed by atoms with Crippen LogP contribution in [0.2, 0.25) is 0 Å². The van der Waals surface area contributed by atoms with E-state index < -0.39 is 0 Å². The van der Waals surface area contributed by atoms with Gasteiger partial charge in [-0.15, -0.1) is 6.58 Å². The Labute approximate surface area is 131 Å². The number of rotatable bonds is 4. The Kier molecular flexibility index (Phi) is 4.28. The third-order valence-electron chi connectivity index (χ3n) is 4.68. The van der Waals surface area contributed by atoms with Gasteiger partial charge in [0.2, 0.25) is 0 Å². The van der Waals surface area contributed by atoms with E-state index in [1.165, 1.54) is 16.7 Å². The van der Waals surface area contributed by atoms with E-state index in [4.69, 9.17) is 4.74 Å². The van der Waals surface area contributed by atoms with Crippen LogP contribution in [0.15, 0.2) is 55.1 Å². The first-order chi connectivity index (χ1) is 10.7. The summed E-state index contributed by atoms with van der Waals surface area (Å²) in [6.07, 6.45) is 5.02. The van der Waals surface area contributed by atoms with Crippen LogP contribution >= 0.6 is 0 Å². The number of ether oxygens (including phenoxy) is 1. The minimum atomic E-state index is -0.176. The number of allylic oxidation sites excluding steroid dienone is 1. The van der Waals surface area contributed by atoms with E-state index in [-0.39, 0.29) is 5.82 Å². The van der Waals surface area contributed by atoms with Gasteiger partial charge in [0.1, 0.15) is 11.6 Å². The van der Waals surface area contributed by atoms with E-state index in [0.717, 1.165) is 25.0 Å². The summed E-state index contributed by atoms with van der Waals surface area (Å²) in [5, 5.41) is 0. The summed E-state index contributed by atoms with van der Waals surface area (Å²) in [4.78, 5) is 0. The molecule has 2 heteroatoms. The van der Waals surface area contributed by atoms with Gasteiger partial charge >= 0.3 is 0 Å². The van der Waals surface area contributed by atoms with Crippen molar-refractivity contribution in [3.63, 3.8) is 0 Å². The molecule has 0 aromatic heterocycles. The number of hydrogen-bond donors (Lipinski definition) is 0. The highest BCUT2D eigenvalue weighted by Gasteiger charge is 2.30. The van der Waals surface area contributed by atoms with Gasteiger partial charge in [0.15, 0.2) is 0 Å². The summed E-state index contributed by atoms with van der Waals surface area (Å²) in [5.41, 5.74) is 3.96. The zero-order valence-corrected chi connectivity index (χ0v) is 12.9. The van der Waals surface area contributed by atoms with Crippen molar-refractivity contribution in [3.05, 3.63) is 77.6 Å². The number of aryl methyl sites for hydroxylation is 1. The van der Waals surface area contributed by atoms with Crippen LogP contribution in [0.3, 0.4) is 0 Å². The lowest BCUT2D eigenvalue weighted by atomic mass is 9.71. The first-order valence-corrected chi connectivity index (χ1v) is 7.76. The van der Waals surface area contributed by atoms with Crippen LogP contribution in [-0.4, -0.2) is 7.11 Å². The molecule has 114 valence electrons. The van der Waals surface area contributed by atoms with Crippen molar-refractivity contribution >= 4 is 0 Å². The van der Waals surface area contributed by atoms with Crippen LogP contribution in [0, 0.1) is 5.82 Å². The Balaban J connectivity index is 1.98. The van der Waals surface area contributed by atoms with Crippen LogP contribution in [-0.2, 0) is 6.42 Å². The third-order valence-corrected chi connectivity index (χ3v) is 4.68. The van der Waals surface area contributed by atoms with E-state index in [9.17, 15) is 4.39 Å². The molecule has 22 heavy (non-hydrogen) atoms. The number of fused-ring (bicyclic) bond motifs is 1. The molecule has 1 aliphatic rings. The maximum absolute atomic E-state index is 13.2. The fourth-order valence-electron chi connectivity index (χ4n) is 3.60. The second kappa shape index (κ2) is 6.35. The van der Waals surface area contributed by atoms with Crippen LogP contribution in [0.1, 0.15) is 41.4 Å².